The van der Waals surface area contributed by atoms with Crippen LogP contribution in [-0.2, 0) is 13.1 Å². The highest BCUT2D eigenvalue weighted by Gasteiger charge is 2.07. The Kier molecular flexibility index (Phi) is 4.99. The van der Waals surface area contributed by atoms with E-state index < -0.39 is 0 Å². The minimum Gasteiger partial charge on any atom is -0.369 e. The Balaban J connectivity index is 2.12. The molecule has 0 radical (unpaired) electrons. The van der Waals surface area contributed by atoms with Gasteiger partial charge in [0.25, 0.3) is 0 Å². The monoisotopic (exact) mass is 292 g/mol. The molecule has 0 atom stereocenters. The van der Waals surface area contributed by atoms with Crippen molar-refractivity contribution in [3.05, 3.63) is 64.4 Å². The fourth-order valence-electron chi connectivity index (χ4n) is 2.12. The summed E-state index contributed by atoms with van der Waals surface area (Å²) in [5.74, 6) is -0.217. The fourth-order valence-corrected chi connectivity index (χ4v) is 2.47. The van der Waals surface area contributed by atoms with E-state index in [4.69, 9.17) is 11.6 Å². The predicted molar refractivity (Wildman–Crippen MR) is 82.7 cm³/mol. The molecule has 0 spiro atoms. The van der Waals surface area contributed by atoms with Crippen molar-refractivity contribution >= 4 is 17.3 Å². The first kappa shape index (κ1) is 14.8. The maximum atomic E-state index is 12.9. The Morgan fingerprint density at radius 1 is 1.10 bits per heavy atom. The van der Waals surface area contributed by atoms with Crippen LogP contribution in [0.1, 0.15) is 11.1 Å². The summed E-state index contributed by atoms with van der Waals surface area (Å²) in [6, 6.07) is 12.6. The van der Waals surface area contributed by atoms with E-state index in [-0.39, 0.29) is 5.82 Å². The van der Waals surface area contributed by atoms with Gasteiger partial charge < -0.3 is 10.2 Å². The highest BCUT2D eigenvalue weighted by atomic mass is 35.5. The molecule has 0 aliphatic heterocycles. The molecule has 2 rings (SSSR count). The average Bonchev–Trinajstić information content (AvgIpc) is 2.42. The third-order valence-corrected chi connectivity index (χ3v) is 3.44. The molecule has 0 saturated heterocycles. The number of hydrogen-bond donors (Lipinski definition) is 1. The second-order valence-electron chi connectivity index (χ2n) is 4.80. The molecular formula is C16H18ClFN2. The Morgan fingerprint density at radius 2 is 1.75 bits per heavy atom. The number of nitrogens with zero attached hydrogens (tertiary/aromatic N) is 1. The van der Waals surface area contributed by atoms with Gasteiger partial charge in [-0.25, -0.2) is 4.39 Å². The van der Waals surface area contributed by atoms with Crippen LogP contribution < -0.4 is 10.2 Å². The maximum absolute atomic E-state index is 12.9. The first-order valence-corrected chi connectivity index (χ1v) is 6.86. The quantitative estimate of drug-likeness (QED) is 0.901. The molecule has 0 amide bonds. The zero-order valence-corrected chi connectivity index (χ0v) is 12.4. The van der Waals surface area contributed by atoms with E-state index >= 15 is 0 Å². The van der Waals surface area contributed by atoms with Gasteiger partial charge in [-0.3, -0.25) is 0 Å². The zero-order chi connectivity index (χ0) is 14.5. The van der Waals surface area contributed by atoms with Gasteiger partial charge in [0.1, 0.15) is 5.82 Å². The topological polar surface area (TPSA) is 15.3 Å². The van der Waals surface area contributed by atoms with Crippen molar-refractivity contribution in [2.45, 2.75) is 13.1 Å². The van der Waals surface area contributed by atoms with Crippen LogP contribution in [0.5, 0.6) is 0 Å². The molecule has 0 heterocycles. The van der Waals surface area contributed by atoms with E-state index in [9.17, 15) is 4.39 Å². The summed E-state index contributed by atoms with van der Waals surface area (Å²) in [5, 5.41) is 3.82. The van der Waals surface area contributed by atoms with Gasteiger partial charge in [-0.05, 0) is 42.4 Å². The summed E-state index contributed by atoms with van der Waals surface area (Å²) in [6.45, 7) is 1.48. The molecule has 0 aliphatic rings. The summed E-state index contributed by atoms with van der Waals surface area (Å²) in [5.41, 5.74) is 3.16. The molecular weight excluding hydrogens is 275 g/mol. The van der Waals surface area contributed by atoms with Crippen LogP contribution in [0.3, 0.4) is 0 Å². The van der Waals surface area contributed by atoms with E-state index in [1.165, 1.54) is 12.1 Å². The molecule has 0 unspecified atom stereocenters. The standard InChI is InChI=1S/C16H18ClFN2/c1-19-10-13-5-8-16(15(17)9-13)20(2)11-12-3-6-14(18)7-4-12/h3-9,19H,10-11H2,1-2H3. The van der Waals surface area contributed by atoms with Gasteiger partial charge in [0.2, 0.25) is 0 Å². The summed E-state index contributed by atoms with van der Waals surface area (Å²) in [7, 11) is 3.88. The molecule has 106 valence electrons. The van der Waals surface area contributed by atoms with Crippen molar-refractivity contribution in [2.24, 2.45) is 0 Å². The van der Waals surface area contributed by atoms with Crippen molar-refractivity contribution in [3.8, 4) is 0 Å². The summed E-state index contributed by atoms with van der Waals surface area (Å²) >= 11 is 6.32. The Morgan fingerprint density at radius 3 is 2.35 bits per heavy atom. The highest BCUT2D eigenvalue weighted by Crippen LogP contribution is 2.27. The normalized spacial score (nSPS) is 10.6. The van der Waals surface area contributed by atoms with Gasteiger partial charge in [-0.1, -0.05) is 29.8 Å². The number of halogens is 2. The molecule has 20 heavy (non-hydrogen) atoms. The number of anilines is 1. The fraction of sp³-hybridized carbons (Fsp3) is 0.250. The van der Waals surface area contributed by atoms with Crippen LogP contribution in [-0.4, -0.2) is 14.1 Å². The molecule has 0 aliphatic carbocycles. The van der Waals surface area contributed by atoms with Crippen molar-refractivity contribution in [1.82, 2.24) is 5.32 Å². The Hall–Kier alpha value is -1.58. The first-order chi connectivity index (χ1) is 9.60. The van der Waals surface area contributed by atoms with Crippen LogP contribution in [0, 0.1) is 5.82 Å². The number of benzene rings is 2. The van der Waals surface area contributed by atoms with E-state index in [1.54, 1.807) is 12.1 Å². The first-order valence-electron chi connectivity index (χ1n) is 6.49. The minimum absolute atomic E-state index is 0.217. The molecule has 2 aromatic carbocycles. The van der Waals surface area contributed by atoms with Crippen LogP contribution in [0.25, 0.3) is 0 Å². The van der Waals surface area contributed by atoms with Crippen LogP contribution in [0.2, 0.25) is 5.02 Å². The van der Waals surface area contributed by atoms with Crippen molar-refractivity contribution in [1.29, 1.82) is 0 Å². The lowest BCUT2D eigenvalue weighted by Crippen LogP contribution is -2.17. The van der Waals surface area contributed by atoms with Crippen LogP contribution in [0.4, 0.5) is 10.1 Å². The second kappa shape index (κ2) is 6.73. The van der Waals surface area contributed by atoms with Gasteiger partial charge in [0.15, 0.2) is 0 Å². The largest absolute Gasteiger partial charge is 0.369 e. The van der Waals surface area contributed by atoms with Crippen molar-refractivity contribution < 1.29 is 4.39 Å². The molecule has 0 aromatic heterocycles. The SMILES string of the molecule is CNCc1ccc(N(C)Cc2ccc(F)cc2)c(Cl)c1. The van der Waals surface area contributed by atoms with Gasteiger partial charge >= 0.3 is 0 Å². The molecule has 0 fully saturated rings. The number of nitrogens with one attached hydrogen (secondary N) is 1. The van der Waals surface area contributed by atoms with Crippen molar-refractivity contribution in [3.63, 3.8) is 0 Å². The van der Waals surface area contributed by atoms with Gasteiger partial charge in [-0.2, -0.15) is 0 Å². The lowest BCUT2D eigenvalue weighted by Gasteiger charge is -2.21. The molecule has 2 nitrogen and oxygen atoms in total. The van der Waals surface area contributed by atoms with Gasteiger partial charge in [-0.15, -0.1) is 0 Å². The third kappa shape index (κ3) is 3.71. The predicted octanol–water partition coefficient (Wildman–Crippen LogP) is 3.83. The molecule has 4 heteroatoms. The lowest BCUT2D eigenvalue weighted by atomic mass is 10.1. The second-order valence-corrected chi connectivity index (χ2v) is 5.21. The number of hydrogen-bond acceptors (Lipinski definition) is 2. The smallest absolute Gasteiger partial charge is 0.123 e. The maximum Gasteiger partial charge on any atom is 0.123 e. The molecule has 1 N–H and O–H groups in total. The summed E-state index contributed by atoms with van der Waals surface area (Å²) in [4.78, 5) is 2.05. The third-order valence-electron chi connectivity index (χ3n) is 3.14. The van der Waals surface area contributed by atoms with Crippen molar-refractivity contribution in [2.75, 3.05) is 19.0 Å². The Bertz CT molecular complexity index is 569. The van der Waals surface area contributed by atoms with Crippen LogP contribution >= 0.6 is 11.6 Å². The number of rotatable bonds is 5. The average molecular weight is 293 g/mol. The Labute approximate surface area is 124 Å². The lowest BCUT2D eigenvalue weighted by molar-refractivity contribution is 0.627. The highest BCUT2D eigenvalue weighted by molar-refractivity contribution is 6.33. The van der Waals surface area contributed by atoms with Gasteiger partial charge in [0.05, 0.1) is 10.7 Å². The van der Waals surface area contributed by atoms with E-state index in [2.05, 4.69) is 16.3 Å². The molecule has 2 aromatic rings. The minimum atomic E-state index is -0.217. The van der Waals surface area contributed by atoms with E-state index in [0.717, 1.165) is 28.4 Å². The summed E-state index contributed by atoms with van der Waals surface area (Å²) in [6.07, 6.45) is 0. The molecule has 0 saturated carbocycles. The van der Waals surface area contributed by atoms with Gasteiger partial charge in [0, 0.05) is 20.1 Å². The molecule has 0 bridgehead atoms. The zero-order valence-electron chi connectivity index (χ0n) is 11.7. The summed E-state index contributed by atoms with van der Waals surface area (Å²) < 4.78 is 12.9. The van der Waals surface area contributed by atoms with E-state index in [0.29, 0.717) is 6.54 Å². The van der Waals surface area contributed by atoms with E-state index in [1.807, 2.05) is 26.2 Å². The van der Waals surface area contributed by atoms with Crippen LogP contribution in [0.15, 0.2) is 42.5 Å².